The second-order valence-corrected chi connectivity index (χ2v) is 3.10. The van der Waals surface area contributed by atoms with Gasteiger partial charge in [0.05, 0.1) is 10.5 Å². The number of ketones is 2. The number of nitro groups is 1. The molecule has 0 radical (unpaired) electrons. The highest BCUT2D eigenvalue weighted by Gasteiger charge is 2.18. The molecule has 15 heavy (non-hydrogen) atoms. The van der Waals surface area contributed by atoms with Crippen LogP contribution in [-0.2, 0) is 0 Å². The van der Waals surface area contributed by atoms with Gasteiger partial charge in [0.2, 0.25) is 0 Å². The zero-order valence-corrected chi connectivity index (χ0v) is 8.31. The Balaban J connectivity index is 3.40. The molecular weight excluding hydrogens is 198 g/mol. The van der Waals surface area contributed by atoms with E-state index in [-0.39, 0.29) is 22.6 Å². The van der Waals surface area contributed by atoms with Crippen LogP contribution in [0.5, 0.6) is 0 Å². The molecule has 0 atom stereocenters. The minimum Gasteiger partial charge on any atom is -0.295 e. The molecule has 0 saturated carbocycles. The maximum atomic E-state index is 11.1. The molecule has 0 aliphatic heterocycles. The van der Waals surface area contributed by atoms with Crippen LogP contribution in [0.25, 0.3) is 0 Å². The molecule has 0 N–H and O–H groups in total. The van der Waals surface area contributed by atoms with Crippen molar-refractivity contribution in [3.63, 3.8) is 0 Å². The van der Waals surface area contributed by atoms with Crippen LogP contribution in [0.3, 0.4) is 0 Å². The first-order valence-corrected chi connectivity index (χ1v) is 4.24. The molecule has 1 rings (SSSR count). The number of Topliss-reactive ketones (excluding diaryl/α,β-unsaturated/α-hetero) is 2. The number of nitro benzene ring substituents is 1. The Hall–Kier alpha value is -2.04. The van der Waals surface area contributed by atoms with Crippen molar-refractivity contribution in [2.24, 2.45) is 0 Å². The summed E-state index contributed by atoms with van der Waals surface area (Å²) in [5, 5.41) is 10.6. The molecule has 78 valence electrons. The summed E-state index contributed by atoms with van der Waals surface area (Å²) in [5.74, 6) is -0.662. The Bertz CT molecular complexity index is 451. The standard InChI is InChI=1S/C10H9NO4/c1-6(12)8-3-4-9(7(2)13)10(5-8)11(14)15/h3-5H,1-2H3. The highest BCUT2D eigenvalue weighted by atomic mass is 16.6. The van der Waals surface area contributed by atoms with Crippen LogP contribution < -0.4 is 0 Å². The molecule has 1 aromatic carbocycles. The van der Waals surface area contributed by atoms with Crippen molar-refractivity contribution in [3.05, 3.63) is 39.4 Å². The lowest BCUT2D eigenvalue weighted by Crippen LogP contribution is -2.02. The van der Waals surface area contributed by atoms with Crippen LogP contribution >= 0.6 is 0 Å². The average molecular weight is 207 g/mol. The Morgan fingerprint density at radius 2 is 1.80 bits per heavy atom. The van der Waals surface area contributed by atoms with Gasteiger partial charge in [0.15, 0.2) is 11.6 Å². The summed E-state index contributed by atoms with van der Waals surface area (Å²) < 4.78 is 0. The summed E-state index contributed by atoms with van der Waals surface area (Å²) in [6, 6.07) is 3.84. The molecule has 5 heteroatoms. The summed E-state index contributed by atoms with van der Waals surface area (Å²) in [7, 11) is 0. The molecule has 5 nitrogen and oxygen atoms in total. The van der Waals surface area contributed by atoms with Crippen LogP contribution in [0.15, 0.2) is 18.2 Å². The first kappa shape index (κ1) is 11.0. The average Bonchev–Trinajstić information content (AvgIpc) is 2.16. The Kier molecular flexibility index (Phi) is 2.94. The predicted molar refractivity (Wildman–Crippen MR) is 53.1 cm³/mol. The zero-order valence-electron chi connectivity index (χ0n) is 8.31. The van der Waals surface area contributed by atoms with Crippen LogP contribution in [0.4, 0.5) is 5.69 Å². The molecule has 0 heterocycles. The van der Waals surface area contributed by atoms with Crippen molar-refractivity contribution in [2.45, 2.75) is 13.8 Å². The van der Waals surface area contributed by atoms with E-state index in [1.54, 1.807) is 0 Å². The number of benzene rings is 1. The number of nitrogens with zero attached hydrogens (tertiary/aromatic N) is 1. The van der Waals surface area contributed by atoms with E-state index in [2.05, 4.69) is 0 Å². The fraction of sp³-hybridized carbons (Fsp3) is 0.200. The van der Waals surface area contributed by atoms with E-state index < -0.39 is 10.7 Å². The van der Waals surface area contributed by atoms with E-state index >= 15 is 0 Å². The van der Waals surface area contributed by atoms with Gasteiger partial charge in [-0.05, 0) is 19.9 Å². The van der Waals surface area contributed by atoms with Gasteiger partial charge in [-0.15, -0.1) is 0 Å². The smallest absolute Gasteiger partial charge is 0.280 e. The van der Waals surface area contributed by atoms with Crippen LogP contribution in [0, 0.1) is 10.1 Å². The molecule has 0 aliphatic rings. The van der Waals surface area contributed by atoms with Crippen molar-refractivity contribution < 1.29 is 14.5 Å². The van der Waals surface area contributed by atoms with E-state index in [9.17, 15) is 19.7 Å². The van der Waals surface area contributed by atoms with Crippen LogP contribution in [0.2, 0.25) is 0 Å². The molecule has 0 bridgehead atoms. The number of rotatable bonds is 3. The molecule has 0 saturated heterocycles. The van der Waals surface area contributed by atoms with Crippen LogP contribution in [0.1, 0.15) is 34.6 Å². The van der Waals surface area contributed by atoms with Crippen molar-refractivity contribution in [1.29, 1.82) is 0 Å². The second kappa shape index (κ2) is 4.00. The van der Waals surface area contributed by atoms with E-state index in [1.165, 1.54) is 26.0 Å². The van der Waals surface area contributed by atoms with Gasteiger partial charge in [0.25, 0.3) is 5.69 Å². The van der Waals surface area contributed by atoms with Crippen molar-refractivity contribution in [3.8, 4) is 0 Å². The van der Waals surface area contributed by atoms with Gasteiger partial charge in [0.1, 0.15) is 0 Å². The Morgan fingerprint density at radius 1 is 1.20 bits per heavy atom. The molecule has 0 amide bonds. The molecule has 0 fully saturated rings. The zero-order chi connectivity index (χ0) is 11.6. The van der Waals surface area contributed by atoms with Gasteiger partial charge in [-0.1, -0.05) is 6.07 Å². The quantitative estimate of drug-likeness (QED) is 0.431. The molecule has 0 aromatic heterocycles. The van der Waals surface area contributed by atoms with E-state index in [0.717, 1.165) is 6.07 Å². The first-order valence-electron chi connectivity index (χ1n) is 4.24. The van der Waals surface area contributed by atoms with E-state index in [0.29, 0.717) is 0 Å². The summed E-state index contributed by atoms with van der Waals surface area (Å²) in [4.78, 5) is 32.0. The third-order valence-electron chi connectivity index (χ3n) is 1.98. The fourth-order valence-electron chi connectivity index (χ4n) is 1.20. The largest absolute Gasteiger partial charge is 0.295 e. The Morgan fingerprint density at radius 3 is 2.20 bits per heavy atom. The Labute approximate surface area is 85.9 Å². The SMILES string of the molecule is CC(=O)c1ccc(C(C)=O)c([N+](=O)[O-])c1. The van der Waals surface area contributed by atoms with Gasteiger partial charge in [0, 0.05) is 11.6 Å². The topological polar surface area (TPSA) is 77.3 Å². The second-order valence-electron chi connectivity index (χ2n) is 3.10. The normalized spacial score (nSPS) is 9.73. The lowest BCUT2D eigenvalue weighted by atomic mass is 10.0. The lowest BCUT2D eigenvalue weighted by Gasteiger charge is -2.00. The molecule has 0 unspecified atom stereocenters. The van der Waals surface area contributed by atoms with Crippen molar-refractivity contribution in [2.75, 3.05) is 0 Å². The lowest BCUT2D eigenvalue weighted by molar-refractivity contribution is -0.385. The maximum Gasteiger partial charge on any atom is 0.280 e. The summed E-state index contributed by atoms with van der Waals surface area (Å²) in [6.45, 7) is 2.56. The van der Waals surface area contributed by atoms with Gasteiger partial charge < -0.3 is 0 Å². The maximum absolute atomic E-state index is 11.1. The van der Waals surface area contributed by atoms with Crippen molar-refractivity contribution >= 4 is 17.3 Å². The summed E-state index contributed by atoms with van der Waals surface area (Å²) in [6.07, 6.45) is 0. The number of carbonyl (C=O) groups is 2. The number of hydrogen-bond donors (Lipinski definition) is 0. The predicted octanol–water partition coefficient (Wildman–Crippen LogP) is 2.00. The number of hydrogen-bond acceptors (Lipinski definition) is 4. The van der Waals surface area contributed by atoms with Gasteiger partial charge in [-0.3, -0.25) is 19.7 Å². The highest BCUT2D eigenvalue weighted by Crippen LogP contribution is 2.21. The van der Waals surface area contributed by atoms with Gasteiger partial charge in [-0.2, -0.15) is 0 Å². The summed E-state index contributed by atoms with van der Waals surface area (Å²) >= 11 is 0. The van der Waals surface area contributed by atoms with Crippen LogP contribution in [-0.4, -0.2) is 16.5 Å². The molecule has 0 spiro atoms. The monoisotopic (exact) mass is 207 g/mol. The van der Waals surface area contributed by atoms with E-state index in [1.807, 2.05) is 0 Å². The van der Waals surface area contributed by atoms with Gasteiger partial charge >= 0.3 is 0 Å². The molecule has 0 aliphatic carbocycles. The first-order chi connectivity index (χ1) is 6.93. The van der Waals surface area contributed by atoms with E-state index in [4.69, 9.17) is 0 Å². The highest BCUT2D eigenvalue weighted by molar-refractivity contribution is 6.01. The fourth-order valence-corrected chi connectivity index (χ4v) is 1.20. The molecular formula is C10H9NO4. The number of carbonyl (C=O) groups excluding carboxylic acids is 2. The minimum absolute atomic E-state index is 0.0185. The minimum atomic E-state index is -0.664. The third-order valence-corrected chi connectivity index (χ3v) is 1.98. The van der Waals surface area contributed by atoms with Gasteiger partial charge in [-0.25, -0.2) is 0 Å². The third kappa shape index (κ3) is 2.25. The molecule has 1 aromatic rings. The van der Waals surface area contributed by atoms with Crippen molar-refractivity contribution in [1.82, 2.24) is 0 Å². The summed E-state index contributed by atoms with van der Waals surface area (Å²) in [5.41, 5.74) is -0.0769.